The van der Waals surface area contributed by atoms with Gasteiger partial charge in [-0.25, -0.2) is 0 Å². The minimum Gasteiger partial charge on any atom is -0.294 e. The van der Waals surface area contributed by atoms with E-state index in [9.17, 15) is 4.79 Å². The van der Waals surface area contributed by atoms with Crippen LogP contribution in [0.3, 0.4) is 0 Å². The van der Waals surface area contributed by atoms with Crippen molar-refractivity contribution in [2.45, 2.75) is 18.8 Å². The largest absolute Gasteiger partial charge is 0.294 e. The fraction of sp³-hybridized carbons (Fsp3) is 0.364. The molecule has 1 aliphatic rings. The topological polar surface area (TPSA) is 17.1 Å². The Bertz CT molecular complexity index is 333. The quantitative estimate of drug-likeness (QED) is 0.688. The Morgan fingerprint density at radius 3 is 2.92 bits per heavy atom. The fourth-order valence-corrected chi connectivity index (χ4v) is 2.54. The molecule has 0 fully saturated rings. The lowest BCUT2D eigenvalue weighted by Crippen LogP contribution is -2.16. The average Bonchev–Trinajstić information content (AvgIpc) is 2.19. The number of Topliss-reactive ketones (excluding diaryl/α,β-unsaturated/α-hetero) is 1. The summed E-state index contributed by atoms with van der Waals surface area (Å²) < 4.78 is 0. The van der Waals surface area contributed by atoms with E-state index >= 15 is 0 Å². The Morgan fingerprint density at radius 1 is 1.38 bits per heavy atom. The van der Waals surface area contributed by atoms with Crippen LogP contribution in [0, 0.1) is 0 Å². The summed E-state index contributed by atoms with van der Waals surface area (Å²) in [5, 5.41) is 0.956. The van der Waals surface area contributed by atoms with Gasteiger partial charge in [-0.3, -0.25) is 4.79 Å². The molecule has 0 saturated heterocycles. The molecule has 68 valence electrons. The van der Waals surface area contributed by atoms with Crippen molar-refractivity contribution >= 4 is 21.7 Å². The lowest BCUT2D eigenvalue weighted by atomic mass is 9.83. The van der Waals surface area contributed by atoms with Crippen molar-refractivity contribution < 1.29 is 4.79 Å². The molecule has 0 radical (unpaired) electrons. The minimum absolute atomic E-state index is 0.299. The third kappa shape index (κ3) is 1.55. The van der Waals surface area contributed by atoms with Crippen LogP contribution in [-0.2, 0) is 0 Å². The predicted octanol–water partition coefficient (Wildman–Crippen LogP) is 3.14. The average molecular weight is 239 g/mol. The second kappa shape index (κ2) is 3.62. The van der Waals surface area contributed by atoms with E-state index in [0.29, 0.717) is 18.1 Å². The molecule has 0 heterocycles. The van der Waals surface area contributed by atoms with Crippen molar-refractivity contribution in [3.63, 3.8) is 0 Å². The van der Waals surface area contributed by atoms with Gasteiger partial charge in [0.05, 0.1) is 0 Å². The van der Waals surface area contributed by atoms with Crippen LogP contribution in [-0.4, -0.2) is 11.1 Å². The van der Waals surface area contributed by atoms with Crippen molar-refractivity contribution in [2.75, 3.05) is 5.33 Å². The molecule has 1 unspecified atom stereocenters. The highest BCUT2D eigenvalue weighted by Crippen LogP contribution is 2.32. The maximum atomic E-state index is 11.5. The molecule has 2 heteroatoms. The number of hydrogen-bond donors (Lipinski definition) is 0. The number of benzene rings is 1. The molecule has 13 heavy (non-hydrogen) atoms. The summed E-state index contributed by atoms with van der Waals surface area (Å²) in [6.07, 6.45) is 1.69. The maximum absolute atomic E-state index is 11.5. The van der Waals surface area contributed by atoms with Crippen LogP contribution >= 0.6 is 15.9 Å². The normalized spacial score (nSPS) is 21.3. The van der Waals surface area contributed by atoms with E-state index in [-0.39, 0.29) is 0 Å². The molecular weight excluding hydrogens is 228 g/mol. The summed E-state index contributed by atoms with van der Waals surface area (Å²) in [4.78, 5) is 11.5. The third-order valence-corrected chi connectivity index (χ3v) is 3.39. The number of hydrogen-bond acceptors (Lipinski definition) is 1. The number of rotatable bonds is 1. The maximum Gasteiger partial charge on any atom is 0.163 e. The SMILES string of the molecule is O=C1CCC(CBr)c2ccccc21. The number of fused-ring (bicyclic) bond motifs is 1. The number of halogens is 1. The predicted molar refractivity (Wildman–Crippen MR) is 56.5 cm³/mol. The van der Waals surface area contributed by atoms with Gasteiger partial charge in [0.2, 0.25) is 0 Å². The number of carbonyl (C=O) groups is 1. The zero-order chi connectivity index (χ0) is 9.26. The van der Waals surface area contributed by atoms with Crippen molar-refractivity contribution in [2.24, 2.45) is 0 Å². The molecule has 0 N–H and O–H groups in total. The van der Waals surface area contributed by atoms with Gasteiger partial charge in [0.25, 0.3) is 0 Å². The second-order valence-corrected chi connectivity index (χ2v) is 4.05. The highest BCUT2D eigenvalue weighted by molar-refractivity contribution is 9.09. The van der Waals surface area contributed by atoms with E-state index in [4.69, 9.17) is 0 Å². The first kappa shape index (κ1) is 8.95. The first-order valence-electron chi connectivity index (χ1n) is 4.51. The Kier molecular flexibility index (Phi) is 2.49. The molecular formula is C11H11BrO. The van der Waals surface area contributed by atoms with Gasteiger partial charge >= 0.3 is 0 Å². The van der Waals surface area contributed by atoms with Crippen molar-refractivity contribution in [3.8, 4) is 0 Å². The molecule has 1 aromatic rings. The van der Waals surface area contributed by atoms with Crippen LogP contribution in [0.4, 0.5) is 0 Å². The second-order valence-electron chi connectivity index (χ2n) is 3.40. The molecule has 0 aliphatic heterocycles. The van der Waals surface area contributed by atoms with Crippen LogP contribution in [0.2, 0.25) is 0 Å². The van der Waals surface area contributed by atoms with E-state index in [1.54, 1.807) is 0 Å². The molecule has 0 bridgehead atoms. The molecule has 0 saturated carbocycles. The monoisotopic (exact) mass is 238 g/mol. The molecule has 1 aliphatic carbocycles. The standard InChI is InChI=1S/C11H11BrO/c12-7-8-5-6-11(13)10-4-2-1-3-9(8)10/h1-4,8H,5-7H2. The third-order valence-electron chi connectivity index (χ3n) is 2.61. The van der Waals surface area contributed by atoms with Crippen LogP contribution in [0.15, 0.2) is 24.3 Å². The molecule has 0 aromatic heterocycles. The first-order valence-corrected chi connectivity index (χ1v) is 5.63. The highest BCUT2D eigenvalue weighted by atomic mass is 79.9. The summed E-state index contributed by atoms with van der Waals surface area (Å²) in [7, 11) is 0. The van der Waals surface area contributed by atoms with Gasteiger partial charge < -0.3 is 0 Å². The first-order chi connectivity index (χ1) is 6.33. The lowest BCUT2D eigenvalue weighted by Gasteiger charge is -2.22. The van der Waals surface area contributed by atoms with E-state index in [1.807, 2.05) is 18.2 Å². The molecule has 0 spiro atoms. The van der Waals surface area contributed by atoms with Gasteiger partial charge in [0.15, 0.2) is 5.78 Å². The van der Waals surface area contributed by atoms with Gasteiger partial charge in [-0.15, -0.1) is 0 Å². The Labute approximate surface area is 86.3 Å². The zero-order valence-electron chi connectivity index (χ0n) is 7.29. The van der Waals surface area contributed by atoms with Gasteiger partial charge in [-0.05, 0) is 17.9 Å². The smallest absolute Gasteiger partial charge is 0.163 e. The minimum atomic E-state index is 0.299. The summed E-state index contributed by atoms with van der Waals surface area (Å²) in [5.41, 5.74) is 2.15. The summed E-state index contributed by atoms with van der Waals surface area (Å²) >= 11 is 3.49. The lowest BCUT2D eigenvalue weighted by molar-refractivity contribution is 0.0968. The van der Waals surface area contributed by atoms with Gasteiger partial charge in [0.1, 0.15) is 0 Å². The number of carbonyl (C=O) groups excluding carboxylic acids is 1. The highest BCUT2D eigenvalue weighted by Gasteiger charge is 2.23. The van der Waals surface area contributed by atoms with Crippen molar-refractivity contribution in [1.82, 2.24) is 0 Å². The van der Waals surface area contributed by atoms with Crippen LogP contribution in [0.5, 0.6) is 0 Å². The van der Waals surface area contributed by atoms with Gasteiger partial charge in [-0.1, -0.05) is 40.2 Å². The van der Waals surface area contributed by atoms with Crippen LogP contribution in [0.25, 0.3) is 0 Å². The van der Waals surface area contributed by atoms with Crippen molar-refractivity contribution in [3.05, 3.63) is 35.4 Å². The van der Waals surface area contributed by atoms with Gasteiger partial charge in [0, 0.05) is 17.3 Å². The summed E-state index contributed by atoms with van der Waals surface area (Å²) in [6.45, 7) is 0. The van der Waals surface area contributed by atoms with Crippen LogP contribution in [0.1, 0.15) is 34.7 Å². The van der Waals surface area contributed by atoms with E-state index in [2.05, 4.69) is 22.0 Å². The van der Waals surface area contributed by atoms with E-state index in [0.717, 1.165) is 17.3 Å². The van der Waals surface area contributed by atoms with E-state index in [1.165, 1.54) is 5.56 Å². The Morgan fingerprint density at radius 2 is 2.15 bits per heavy atom. The molecule has 1 atom stereocenters. The molecule has 1 nitrogen and oxygen atoms in total. The molecule has 1 aromatic carbocycles. The number of alkyl halides is 1. The van der Waals surface area contributed by atoms with E-state index < -0.39 is 0 Å². The molecule has 2 rings (SSSR count). The summed E-state index contributed by atoms with van der Waals surface area (Å²) in [6, 6.07) is 7.95. The fourth-order valence-electron chi connectivity index (χ4n) is 1.86. The Balaban J connectivity index is 2.47. The van der Waals surface area contributed by atoms with Gasteiger partial charge in [-0.2, -0.15) is 0 Å². The zero-order valence-corrected chi connectivity index (χ0v) is 8.88. The summed E-state index contributed by atoms with van der Waals surface area (Å²) in [5.74, 6) is 0.821. The number of ketones is 1. The van der Waals surface area contributed by atoms with Crippen molar-refractivity contribution in [1.29, 1.82) is 0 Å². The Hall–Kier alpha value is -0.630. The molecule has 0 amide bonds. The van der Waals surface area contributed by atoms with Crippen LogP contribution < -0.4 is 0 Å².